The van der Waals surface area contributed by atoms with Crippen LogP contribution in [0.1, 0.15) is 18.1 Å². The molecule has 0 spiro atoms. The monoisotopic (exact) mass is 568 g/mol. The molecule has 3 aromatic rings. The number of hydrogen-bond acceptors (Lipinski definition) is 8. The van der Waals surface area contributed by atoms with Crippen LogP contribution in [0.2, 0.25) is 0 Å². The largest absolute Gasteiger partial charge is 0.493 e. The molecule has 0 aliphatic carbocycles. The van der Waals surface area contributed by atoms with E-state index in [4.69, 9.17) is 14.2 Å². The van der Waals surface area contributed by atoms with Gasteiger partial charge < -0.3 is 19.5 Å². The summed E-state index contributed by atoms with van der Waals surface area (Å²) in [5, 5.41) is 6.58. The van der Waals surface area contributed by atoms with Crippen LogP contribution in [0, 0.1) is 0 Å². The van der Waals surface area contributed by atoms with E-state index >= 15 is 0 Å². The van der Waals surface area contributed by atoms with Crippen molar-refractivity contribution in [3.63, 3.8) is 0 Å². The van der Waals surface area contributed by atoms with Gasteiger partial charge in [-0.05, 0) is 48.4 Å². The molecule has 0 unspecified atom stereocenters. The average Bonchev–Trinajstić information content (AvgIpc) is 2.95. The standard InChI is InChI=1S/C28H32N4O7S/c1-20(33)30-23-11-13-24(14-12-23)40(35,36)32(17-16-21-8-6-5-7-9-21)19-26(34)31-29-18-22-10-15-25(37-2)28(39-4)27(22)38-3/h5-15,18H,16-17,19H2,1-4H3,(H,30,33)(H,31,34)/b29-18-. The highest BCUT2D eigenvalue weighted by Gasteiger charge is 2.26. The highest BCUT2D eigenvalue weighted by atomic mass is 32.2. The Bertz CT molecular complexity index is 1440. The second-order valence-corrected chi connectivity index (χ2v) is 10.4. The van der Waals surface area contributed by atoms with E-state index in [0.29, 0.717) is 34.9 Å². The predicted octanol–water partition coefficient (Wildman–Crippen LogP) is 3.05. The maximum Gasteiger partial charge on any atom is 0.255 e. The number of hydrazone groups is 1. The minimum absolute atomic E-state index is 0.0129. The molecule has 0 aliphatic heterocycles. The maximum atomic E-state index is 13.5. The van der Waals surface area contributed by atoms with E-state index in [1.165, 1.54) is 58.7 Å². The Morgan fingerprint density at radius 1 is 0.900 bits per heavy atom. The van der Waals surface area contributed by atoms with E-state index < -0.39 is 22.5 Å². The van der Waals surface area contributed by atoms with Crippen molar-refractivity contribution >= 4 is 33.7 Å². The number of benzene rings is 3. The predicted molar refractivity (Wildman–Crippen MR) is 151 cm³/mol. The molecule has 0 radical (unpaired) electrons. The molecular formula is C28H32N4O7S. The quantitative estimate of drug-likeness (QED) is 0.239. The van der Waals surface area contributed by atoms with E-state index in [1.54, 1.807) is 12.1 Å². The topological polar surface area (TPSA) is 136 Å². The highest BCUT2D eigenvalue weighted by Crippen LogP contribution is 2.38. The number of rotatable bonds is 13. The number of sulfonamides is 1. The van der Waals surface area contributed by atoms with Gasteiger partial charge in [0.2, 0.25) is 21.7 Å². The van der Waals surface area contributed by atoms with Gasteiger partial charge in [0.15, 0.2) is 11.5 Å². The van der Waals surface area contributed by atoms with Gasteiger partial charge in [0.05, 0.1) is 39.0 Å². The molecule has 2 amide bonds. The van der Waals surface area contributed by atoms with Crippen LogP contribution in [0.25, 0.3) is 0 Å². The van der Waals surface area contributed by atoms with Crippen LogP contribution in [0.5, 0.6) is 17.2 Å². The number of ether oxygens (including phenoxy) is 3. The van der Waals surface area contributed by atoms with Gasteiger partial charge in [0.25, 0.3) is 5.91 Å². The van der Waals surface area contributed by atoms with Crippen LogP contribution in [-0.2, 0) is 26.0 Å². The number of methoxy groups -OCH3 is 3. The van der Waals surface area contributed by atoms with Crippen molar-refractivity contribution in [2.24, 2.45) is 5.10 Å². The first kappa shape index (κ1) is 30.1. The number of carbonyl (C=O) groups excluding carboxylic acids is 2. The molecule has 0 saturated heterocycles. The van der Waals surface area contributed by atoms with Crippen molar-refractivity contribution in [2.75, 3.05) is 39.7 Å². The third kappa shape index (κ3) is 7.80. The summed E-state index contributed by atoms with van der Waals surface area (Å²) in [4.78, 5) is 24.1. The van der Waals surface area contributed by atoms with Crippen LogP contribution in [0.3, 0.4) is 0 Å². The fraction of sp³-hybridized carbons (Fsp3) is 0.250. The number of amides is 2. The molecule has 0 bridgehead atoms. The van der Waals surface area contributed by atoms with Gasteiger partial charge in [-0.3, -0.25) is 9.59 Å². The number of nitrogens with one attached hydrogen (secondary N) is 2. The second kappa shape index (κ2) is 14.1. The minimum Gasteiger partial charge on any atom is -0.493 e. The second-order valence-electron chi connectivity index (χ2n) is 8.50. The normalized spacial score (nSPS) is 11.3. The van der Waals surface area contributed by atoms with Gasteiger partial charge in [-0.25, -0.2) is 13.8 Å². The Balaban J connectivity index is 1.79. The van der Waals surface area contributed by atoms with Gasteiger partial charge in [-0.1, -0.05) is 30.3 Å². The lowest BCUT2D eigenvalue weighted by atomic mass is 10.1. The summed E-state index contributed by atoms with van der Waals surface area (Å²) in [7, 11) is 0.378. The first-order chi connectivity index (χ1) is 19.2. The van der Waals surface area contributed by atoms with Gasteiger partial charge in [-0.2, -0.15) is 9.41 Å². The van der Waals surface area contributed by atoms with Crippen LogP contribution < -0.4 is 25.0 Å². The van der Waals surface area contributed by atoms with Crippen LogP contribution in [0.15, 0.2) is 76.7 Å². The Hall–Kier alpha value is -4.42. The Labute approximate surface area is 233 Å². The Morgan fingerprint density at radius 3 is 2.17 bits per heavy atom. The van der Waals surface area contributed by atoms with Gasteiger partial charge >= 0.3 is 0 Å². The van der Waals surface area contributed by atoms with Crippen LogP contribution in [0.4, 0.5) is 5.69 Å². The number of hydrogen-bond donors (Lipinski definition) is 2. The van der Waals surface area contributed by atoms with E-state index in [9.17, 15) is 18.0 Å². The minimum atomic E-state index is -4.06. The molecule has 0 fully saturated rings. The smallest absolute Gasteiger partial charge is 0.255 e. The number of anilines is 1. The lowest BCUT2D eigenvalue weighted by molar-refractivity contribution is -0.121. The lowest BCUT2D eigenvalue weighted by Gasteiger charge is -2.21. The highest BCUT2D eigenvalue weighted by molar-refractivity contribution is 7.89. The molecule has 3 aromatic carbocycles. The van der Waals surface area contributed by atoms with Gasteiger partial charge in [-0.15, -0.1) is 0 Å². The third-order valence-electron chi connectivity index (χ3n) is 5.75. The molecule has 2 N–H and O–H groups in total. The SMILES string of the molecule is COc1ccc(/C=N\NC(=O)CN(CCc2ccccc2)S(=O)(=O)c2ccc(NC(C)=O)cc2)c(OC)c1OC. The van der Waals surface area contributed by atoms with E-state index in [1.807, 2.05) is 30.3 Å². The van der Waals surface area contributed by atoms with Crippen LogP contribution in [-0.4, -0.2) is 65.2 Å². The van der Waals surface area contributed by atoms with E-state index in [-0.39, 0.29) is 17.3 Å². The van der Waals surface area contributed by atoms with E-state index in [0.717, 1.165) is 9.87 Å². The Morgan fingerprint density at radius 2 is 1.57 bits per heavy atom. The molecule has 0 aliphatic rings. The fourth-order valence-corrected chi connectivity index (χ4v) is 5.24. The molecule has 0 heterocycles. The summed E-state index contributed by atoms with van der Waals surface area (Å²) in [6, 6.07) is 18.4. The van der Waals surface area contributed by atoms with Crippen molar-refractivity contribution in [3.05, 3.63) is 77.9 Å². The average molecular weight is 569 g/mol. The van der Waals surface area contributed by atoms with Crippen LogP contribution >= 0.6 is 0 Å². The van der Waals surface area contributed by atoms with Gasteiger partial charge in [0, 0.05) is 24.7 Å². The molecular weight excluding hydrogens is 536 g/mol. The summed E-state index contributed by atoms with van der Waals surface area (Å²) >= 11 is 0. The molecule has 0 atom stereocenters. The van der Waals surface area contributed by atoms with E-state index in [2.05, 4.69) is 15.8 Å². The van der Waals surface area contributed by atoms with Crippen molar-refractivity contribution in [3.8, 4) is 17.2 Å². The zero-order valence-corrected chi connectivity index (χ0v) is 23.5. The summed E-state index contributed by atoms with van der Waals surface area (Å²) < 4.78 is 44.1. The molecule has 40 heavy (non-hydrogen) atoms. The molecule has 0 saturated carbocycles. The number of nitrogens with zero attached hydrogens (tertiary/aromatic N) is 2. The zero-order chi connectivity index (χ0) is 29.1. The summed E-state index contributed by atoms with van der Waals surface area (Å²) in [5.74, 6) is 0.271. The lowest BCUT2D eigenvalue weighted by Crippen LogP contribution is -2.40. The zero-order valence-electron chi connectivity index (χ0n) is 22.7. The van der Waals surface area contributed by atoms with Crippen molar-refractivity contribution in [1.29, 1.82) is 0 Å². The maximum absolute atomic E-state index is 13.5. The number of carbonyl (C=O) groups is 2. The van der Waals surface area contributed by atoms with Crippen molar-refractivity contribution < 1.29 is 32.2 Å². The van der Waals surface area contributed by atoms with Crippen molar-refractivity contribution in [1.82, 2.24) is 9.73 Å². The summed E-state index contributed by atoms with van der Waals surface area (Å²) in [6.07, 6.45) is 1.76. The molecule has 11 nitrogen and oxygen atoms in total. The van der Waals surface area contributed by atoms with Gasteiger partial charge in [0.1, 0.15) is 0 Å². The summed E-state index contributed by atoms with van der Waals surface area (Å²) in [5.41, 5.74) is 4.27. The first-order valence-electron chi connectivity index (χ1n) is 12.2. The Kier molecular flexibility index (Phi) is 10.6. The fourth-order valence-electron chi connectivity index (χ4n) is 3.84. The molecule has 3 rings (SSSR count). The molecule has 212 valence electrons. The first-order valence-corrected chi connectivity index (χ1v) is 13.7. The van der Waals surface area contributed by atoms with Crippen molar-refractivity contribution in [2.45, 2.75) is 18.2 Å². The molecule has 0 aromatic heterocycles. The third-order valence-corrected chi connectivity index (χ3v) is 7.61. The molecule has 12 heteroatoms. The summed E-state index contributed by atoms with van der Waals surface area (Å²) in [6.45, 7) is 0.946.